The van der Waals surface area contributed by atoms with E-state index in [9.17, 15) is 4.79 Å². The molecular weight excluding hydrogens is 288 g/mol. The highest BCUT2D eigenvalue weighted by Gasteiger charge is 2.20. The Kier molecular flexibility index (Phi) is 5.05. The Balaban J connectivity index is 3.26. The molecule has 0 aromatic heterocycles. The van der Waals surface area contributed by atoms with Crippen molar-refractivity contribution in [3.8, 4) is 0 Å². The van der Waals surface area contributed by atoms with Crippen LogP contribution in [0.3, 0.4) is 0 Å². The normalized spacial score (nSPS) is 13.2. The van der Waals surface area contributed by atoms with Gasteiger partial charge in [-0.05, 0) is 34.1 Å². The van der Waals surface area contributed by atoms with Gasteiger partial charge in [-0.15, -0.1) is 0 Å². The summed E-state index contributed by atoms with van der Waals surface area (Å²) in [5.41, 5.74) is 5.73. The molecule has 1 aromatic carbocycles. The Labute approximate surface area is 131 Å². The fourth-order valence-electron chi connectivity index (χ4n) is 1.72. The molecule has 1 rings (SSSR count). The maximum absolute atomic E-state index is 10.7. The third-order valence-corrected chi connectivity index (χ3v) is 3.37. The third-order valence-electron chi connectivity index (χ3n) is 3.12. The fraction of sp³-hybridized carbons (Fsp3) is 0.500. The summed E-state index contributed by atoms with van der Waals surface area (Å²) >= 11 is 5.51. The van der Waals surface area contributed by atoms with Crippen LogP contribution < -0.4 is 5.43 Å². The summed E-state index contributed by atoms with van der Waals surface area (Å²) in [6, 6.07) is 6.10. The van der Waals surface area contributed by atoms with Crippen LogP contribution in [0.4, 0.5) is 5.69 Å². The second kappa shape index (κ2) is 6.06. The van der Waals surface area contributed by atoms with E-state index in [1.54, 1.807) is 0 Å². The van der Waals surface area contributed by atoms with Crippen molar-refractivity contribution in [2.75, 3.05) is 5.43 Å². The summed E-state index contributed by atoms with van der Waals surface area (Å²) in [4.78, 5) is 10.7. The highest BCUT2D eigenvalue weighted by Crippen LogP contribution is 2.32. The van der Waals surface area contributed by atoms with E-state index in [0.717, 1.165) is 16.8 Å². The molecule has 116 valence electrons. The highest BCUT2D eigenvalue weighted by molar-refractivity contribution is 6.81. The average Bonchev–Trinajstić information content (AvgIpc) is 2.33. The van der Waals surface area contributed by atoms with Gasteiger partial charge in [0.15, 0.2) is 0 Å². The first-order valence-corrected chi connectivity index (χ1v) is 7.17. The summed E-state index contributed by atoms with van der Waals surface area (Å²) in [7, 11) is 0. The number of aliphatic carboxylic acids is 1. The van der Waals surface area contributed by atoms with Crippen molar-refractivity contribution in [1.29, 1.82) is 0 Å². The molecule has 0 aliphatic carbocycles. The number of nitrogens with zero attached hydrogens (tertiary/aromatic N) is 1. The van der Waals surface area contributed by atoms with E-state index in [4.69, 9.17) is 16.7 Å². The van der Waals surface area contributed by atoms with Gasteiger partial charge >= 0.3 is 5.97 Å². The Morgan fingerprint density at radius 1 is 1.05 bits per heavy atom. The van der Waals surface area contributed by atoms with Crippen LogP contribution in [0, 0.1) is 0 Å². The largest absolute Gasteiger partial charge is 0.476 e. The van der Waals surface area contributed by atoms with Gasteiger partial charge in [0, 0.05) is 0 Å². The van der Waals surface area contributed by atoms with Gasteiger partial charge in [-0.1, -0.05) is 59.2 Å². The minimum absolute atomic E-state index is 0.0159. The summed E-state index contributed by atoms with van der Waals surface area (Å²) in [6.07, 6.45) is 0. The Bertz CT molecular complexity index is 534. The molecule has 2 N–H and O–H groups in total. The molecule has 0 radical (unpaired) electrons. The van der Waals surface area contributed by atoms with Gasteiger partial charge in [-0.3, -0.25) is 5.43 Å². The van der Waals surface area contributed by atoms with Gasteiger partial charge in [-0.2, -0.15) is 5.10 Å². The molecule has 4 nitrogen and oxygen atoms in total. The number of halogens is 1. The topological polar surface area (TPSA) is 61.7 Å². The van der Waals surface area contributed by atoms with Crippen molar-refractivity contribution in [2.24, 2.45) is 5.10 Å². The number of carboxylic acid groups (broad SMARTS) is 1. The van der Waals surface area contributed by atoms with E-state index in [0.29, 0.717) is 0 Å². The molecule has 21 heavy (non-hydrogen) atoms. The molecule has 0 unspecified atom stereocenters. The number of nitrogens with one attached hydrogen (secondary N) is 1. The number of rotatable bonds is 3. The van der Waals surface area contributed by atoms with Crippen LogP contribution >= 0.6 is 11.6 Å². The lowest BCUT2D eigenvalue weighted by Gasteiger charge is -2.26. The Morgan fingerprint density at radius 2 is 1.48 bits per heavy atom. The number of hydrogen-bond donors (Lipinski definition) is 2. The standard InChI is InChI=1S/C16H23ClN2O2/c1-15(2,3)10-7-11(16(4,5)6)9-12(8-10)18-19-13(17)14(20)21/h7-9,18H,1-6H3,(H,20,21)/b19-13+. The van der Waals surface area contributed by atoms with E-state index in [1.165, 1.54) is 0 Å². The summed E-state index contributed by atoms with van der Waals surface area (Å²) < 4.78 is 0. The summed E-state index contributed by atoms with van der Waals surface area (Å²) in [5.74, 6) is -1.26. The first kappa shape index (κ1) is 17.5. The molecule has 0 aliphatic rings. The zero-order chi connectivity index (χ0) is 16.4. The number of hydrazone groups is 1. The lowest BCUT2D eigenvalue weighted by atomic mass is 9.80. The molecule has 0 aliphatic heterocycles. The van der Waals surface area contributed by atoms with E-state index >= 15 is 0 Å². The van der Waals surface area contributed by atoms with Crippen LogP contribution in [0.15, 0.2) is 23.3 Å². The van der Waals surface area contributed by atoms with Crippen LogP contribution in [-0.4, -0.2) is 16.2 Å². The number of carbonyl (C=O) groups is 1. The first-order chi connectivity index (χ1) is 9.41. The van der Waals surface area contributed by atoms with Crippen molar-refractivity contribution in [1.82, 2.24) is 0 Å². The number of benzene rings is 1. The van der Waals surface area contributed by atoms with Crippen LogP contribution in [0.25, 0.3) is 0 Å². The predicted molar refractivity (Wildman–Crippen MR) is 88.4 cm³/mol. The number of carboxylic acids is 1. The average molecular weight is 311 g/mol. The molecule has 5 heteroatoms. The van der Waals surface area contributed by atoms with Crippen molar-refractivity contribution in [3.63, 3.8) is 0 Å². The molecule has 0 atom stereocenters. The van der Waals surface area contributed by atoms with E-state index in [1.807, 2.05) is 12.1 Å². The zero-order valence-corrected chi connectivity index (χ0v) is 14.2. The van der Waals surface area contributed by atoms with E-state index in [-0.39, 0.29) is 10.8 Å². The zero-order valence-electron chi connectivity index (χ0n) is 13.4. The molecule has 0 fully saturated rings. The predicted octanol–water partition coefficient (Wildman–Crippen LogP) is 4.33. The van der Waals surface area contributed by atoms with Crippen LogP contribution in [0.5, 0.6) is 0 Å². The lowest BCUT2D eigenvalue weighted by Crippen LogP contribution is -2.17. The van der Waals surface area contributed by atoms with Gasteiger partial charge in [0.25, 0.3) is 0 Å². The maximum Gasteiger partial charge on any atom is 0.368 e. The van der Waals surface area contributed by atoms with Crippen molar-refractivity contribution >= 4 is 28.4 Å². The van der Waals surface area contributed by atoms with Gasteiger partial charge < -0.3 is 5.11 Å². The second-order valence-electron chi connectivity index (χ2n) is 7.12. The monoisotopic (exact) mass is 310 g/mol. The van der Waals surface area contributed by atoms with Crippen molar-refractivity contribution in [2.45, 2.75) is 52.4 Å². The van der Waals surface area contributed by atoms with Crippen LogP contribution in [0.1, 0.15) is 52.7 Å². The third kappa shape index (κ3) is 5.05. The molecule has 0 heterocycles. The molecule has 0 saturated carbocycles. The maximum atomic E-state index is 10.7. The molecule has 0 saturated heterocycles. The Hall–Kier alpha value is -1.55. The lowest BCUT2D eigenvalue weighted by molar-refractivity contribution is -0.129. The molecule has 1 aromatic rings. The van der Waals surface area contributed by atoms with E-state index in [2.05, 4.69) is 58.1 Å². The molecule has 0 bridgehead atoms. The molecule has 0 amide bonds. The van der Waals surface area contributed by atoms with Gasteiger partial charge in [0.2, 0.25) is 5.17 Å². The number of anilines is 1. The van der Waals surface area contributed by atoms with Crippen LogP contribution in [0.2, 0.25) is 0 Å². The first-order valence-electron chi connectivity index (χ1n) is 6.80. The van der Waals surface area contributed by atoms with Gasteiger partial charge in [-0.25, -0.2) is 4.79 Å². The van der Waals surface area contributed by atoms with Crippen LogP contribution in [-0.2, 0) is 15.6 Å². The second-order valence-corrected chi connectivity index (χ2v) is 7.48. The minimum atomic E-state index is -1.26. The SMILES string of the molecule is CC(C)(C)c1cc(N/N=C(/Cl)C(=O)O)cc(C(C)(C)C)c1. The quantitative estimate of drug-likeness (QED) is 0.645. The molecule has 0 spiro atoms. The summed E-state index contributed by atoms with van der Waals surface area (Å²) in [6.45, 7) is 12.8. The molecular formula is C16H23ClN2O2. The Morgan fingerprint density at radius 3 is 1.81 bits per heavy atom. The van der Waals surface area contributed by atoms with Gasteiger partial charge in [0.05, 0.1) is 5.69 Å². The minimum Gasteiger partial charge on any atom is -0.476 e. The number of hydrogen-bond acceptors (Lipinski definition) is 3. The smallest absolute Gasteiger partial charge is 0.368 e. The highest BCUT2D eigenvalue weighted by atomic mass is 35.5. The van der Waals surface area contributed by atoms with Crippen molar-refractivity contribution < 1.29 is 9.90 Å². The summed E-state index contributed by atoms with van der Waals surface area (Å²) in [5, 5.41) is 11.9. The van der Waals surface area contributed by atoms with E-state index < -0.39 is 11.1 Å². The van der Waals surface area contributed by atoms with Gasteiger partial charge in [0.1, 0.15) is 0 Å². The fourth-order valence-corrected chi connectivity index (χ4v) is 1.76. The van der Waals surface area contributed by atoms with Crippen molar-refractivity contribution in [3.05, 3.63) is 29.3 Å².